The third kappa shape index (κ3) is 5.60. The van der Waals surface area contributed by atoms with E-state index in [2.05, 4.69) is 20.5 Å². The van der Waals surface area contributed by atoms with Gasteiger partial charge in [-0.1, -0.05) is 0 Å². The zero-order valence-corrected chi connectivity index (χ0v) is 24.3. The van der Waals surface area contributed by atoms with E-state index < -0.39 is 47.1 Å². The zero-order chi connectivity index (χ0) is 32.9. The Bertz CT molecular complexity index is 1820. The van der Waals surface area contributed by atoms with Crippen molar-refractivity contribution in [1.82, 2.24) is 20.5 Å². The second kappa shape index (κ2) is 11.4. The van der Waals surface area contributed by atoms with E-state index in [1.165, 1.54) is 43.6 Å². The predicted octanol–water partition coefficient (Wildman–Crippen LogP) is 4.20. The number of alkyl halides is 3. The lowest BCUT2D eigenvalue weighted by Crippen LogP contribution is -2.51. The zero-order valence-electron chi connectivity index (χ0n) is 24.3. The van der Waals surface area contributed by atoms with Crippen molar-refractivity contribution in [2.24, 2.45) is 5.73 Å². The molecule has 2 aromatic heterocycles. The molecule has 1 saturated carbocycles. The van der Waals surface area contributed by atoms with Crippen LogP contribution >= 0.6 is 0 Å². The fourth-order valence-electron chi connectivity index (χ4n) is 5.06. The van der Waals surface area contributed by atoms with E-state index in [4.69, 9.17) is 15.2 Å². The molecule has 1 fully saturated rings. The van der Waals surface area contributed by atoms with Crippen LogP contribution in [0.2, 0.25) is 0 Å². The highest BCUT2D eigenvalue weighted by Crippen LogP contribution is 2.47. The Morgan fingerprint density at radius 2 is 1.83 bits per heavy atom. The maximum absolute atomic E-state index is 14.7. The van der Waals surface area contributed by atoms with Gasteiger partial charge in [-0.15, -0.1) is 0 Å². The average molecular weight is 638 g/mol. The molecule has 10 nitrogen and oxygen atoms in total. The number of ether oxygens (including phenoxy) is 2. The standard InChI is InChI=1S/C32H27F4N5O5/c1-30(29(37)43)16-45-27-23(30)13-25(41-26(27)17-2-5-20(33)6-3-17)31(44,32(34,35)36)15-38-28(42)18-4-9-22(19-10-11-39-40-14-19)24(12-18)46-21-7-8-21/h2-6,9-14,21,44H,7-8,15-16H2,1H3,(H2,37,43)(H,38,42)/t30-,31-/m0/s1. The third-order valence-corrected chi connectivity index (χ3v) is 8.09. The second-order valence-corrected chi connectivity index (χ2v) is 11.4. The van der Waals surface area contributed by atoms with Gasteiger partial charge in [0.15, 0.2) is 0 Å². The van der Waals surface area contributed by atoms with Crippen LogP contribution in [0.15, 0.2) is 67.0 Å². The van der Waals surface area contributed by atoms with Gasteiger partial charge < -0.3 is 25.6 Å². The summed E-state index contributed by atoms with van der Waals surface area (Å²) in [5.41, 5.74) is 0.592. The van der Waals surface area contributed by atoms with Crippen LogP contribution in [0, 0.1) is 5.82 Å². The molecule has 0 bridgehead atoms. The number of hydrogen-bond acceptors (Lipinski definition) is 8. The molecule has 2 atom stereocenters. The summed E-state index contributed by atoms with van der Waals surface area (Å²) in [6.07, 6.45) is -0.786. The highest BCUT2D eigenvalue weighted by Gasteiger charge is 2.57. The molecule has 2 amide bonds. The number of nitrogens with two attached hydrogens (primary N) is 1. The van der Waals surface area contributed by atoms with Gasteiger partial charge >= 0.3 is 6.18 Å². The molecule has 1 aliphatic heterocycles. The Balaban J connectivity index is 1.37. The molecule has 238 valence electrons. The van der Waals surface area contributed by atoms with Crippen molar-refractivity contribution in [1.29, 1.82) is 0 Å². The lowest BCUT2D eigenvalue weighted by atomic mass is 9.81. The predicted molar refractivity (Wildman–Crippen MR) is 155 cm³/mol. The van der Waals surface area contributed by atoms with Crippen molar-refractivity contribution < 1.29 is 41.7 Å². The normalized spacial score (nSPS) is 18.7. The summed E-state index contributed by atoms with van der Waals surface area (Å²) in [4.78, 5) is 29.8. The molecule has 3 heterocycles. The van der Waals surface area contributed by atoms with Gasteiger partial charge in [0.25, 0.3) is 5.91 Å². The van der Waals surface area contributed by atoms with Crippen LogP contribution in [-0.4, -0.2) is 57.5 Å². The number of fused-ring (bicyclic) bond motifs is 1. The van der Waals surface area contributed by atoms with Crippen molar-refractivity contribution in [3.63, 3.8) is 0 Å². The summed E-state index contributed by atoms with van der Waals surface area (Å²) in [7, 11) is 0. The molecular weight excluding hydrogens is 610 g/mol. The maximum Gasteiger partial charge on any atom is 0.424 e. The molecule has 6 rings (SSSR count). The Morgan fingerprint density at radius 3 is 2.46 bits per heavy atom. The van der Waals surface area contributed by atoms with Gasteiger partial charge in [-0.25, -0.2) is 9.37 Å². The van der Waals surface area contributed by atoms with Gasteiger partial charge in [-0.3, -0.25) is 9.59 Å². The molecule has 2 aliphatic rings. The van der Waals surface area contributed by atoms with Crippen LogP contribution in [-0.2, 0) is 15.8 Å². The highest BCUT2D eigenvalue weighted by molar-refractivity contribution is 5.95. The lowest BCUT2D eigenvalue weighted by molar-refractivity contribution is -0.265. The number of amides is 2. The Kier molecular flexibility index (Phi) is 7.63. The fourth-order valence-corrected chi connectivity index (χ4v) is 5.06. The number of rotatable bonds is 9. The molecule has 0 saturated heterocycles. The van der Waals surface area contributed by atoms with Gasteiger partial charge in [-0.2, -0.15) is 23.4 Å². The van der Waals surface area contributed by atoms with Crippen LogP contribution in [0.4, 0.5) is 17.6 Å². The van der Waals surface area contributed by atoms with E-state index in [-0.39, 0.29) is 40.8 Å². The number of aliphatic hydroxyl groups is 1. The SMILES string of the molecule is C[C@]1(C(N)=O)COc2c1cc([C@@](O)(CNC(=O)c1ccc(-c3ccnnc3)c(OC3CC3)c1)C(F)(F)F)nc2-c1ccc(F)cc1. The smallest absolute Gasteiger partial charge is 0.424 e. The minimum Gasteiger partial charge on any atom is -0.490 e. The van der Waals surface area contributed by atoms with Crippen LogP contribution < -0.4 is 20.5 Å². The van der Waals surface area contributed by atoms with Gasteiger partial charge in [0.1, 0.15) is 35.0 Å². The van der Waals surface area contributed by atoms with E-state index in [9.17, 15) is 32.3 Å². The first kappa shape index (κ1) is 30.9. The second-order valence-electron chi connectivity index (χ2n) is 11.4. The Hall–Kier alpha value is -5.11. The summed E-state index contributed by atoms with van der Waals surface area (Å²) in [6, 6.07) is 11.7. The molecule has 4 aromatic rings. The first-order valence-corrected chi connectivity index (χ1v) is 14.2. The van der Waals surface area contributed by atoms with Gasteiger partial charge in [0.2, 0.25) is 11.5 Å². The number of nitrogens with one attached hydrogen (secondary N) is 1. The van der Waals surface area contributed by atoms with Crippen molar-refractivity contribution in [2.75, 3.05) is 13.2 Å². The largest absolute Gasteiger partial charge is 0.490 e. The number of carbonyl (C=O) groups excluding carboxylic acids is 2. The molecule has 46 heavy (non-hydrogen) atoms. The number of pyridine rings is 1. The van der Waals surface area contributed by atoms with E-state index in [0.29, 0.717) is 16.9 Å². The number of primary amides is 1. The van der Waals surface area contributed by atoms with E-state index >= 15 is 0 Å². The van der Waals surface area contributed by atoms with Crippen LogP contribution in [0.25, 0.3) is 22.4 Å². The van der Waals surface area contributed by atoms with Gasteiger partial charge in [0, 0.05) is 27.8 Å². The summed E-state index contributed by atoms with van der Waals surface area (Å²) in [6.45, 7) is -0.247. The van der Waals surface area contributed by atoms with Crippen LogP contribution in [0.1, 0.15) is 41.4 Å². The molecule has 0 radical (unpaired) electrons. The highest BCUT2D eigenvalue weighted by atomic mass is 19.4. The minimum atomic E-state index is -5.36. The molecule has 2 aromatic carbocycles. The molecule has 0 unspecified atom stereocenters. The summed E-state index contributed by atoms with van der Waals surface area (Å²) >= 11 is 0. The van der Waals surface area contributed by atoms with E-state index in [1.54, 1.807) is 12.1 Å². The van der Waals surface area contributed by atoms with Crippen LogP contribution in [0.5, 0.6) is 11.5 Å². The topological polar surface area (TPSA) is 150 Å². The molecule has 1 aliphatic carbocycles. The molecule has 14 heteroatoms. The lowest BCUT2D eigenvalue weighted by Gasteiger charge is -2.31. The van der Waals surface area contributed by atoms with Crippen molar-refractivity contribution in [3.05, 3.63) is 89.6 Å². The summed E-state index contributed by atoms with van der Waals surface area (Å²) < 4.78 is 69.6. The molecular formula is C32H27F4N5O5. The van der Waals surface area contributed by atoms with E-state index in [1.807, 2.05) is 0 Å². The Labute approximate surface area is 259 Å². The summed E-state index contributed by atoms with van der Waals surface area (Å²) in [5.74, 6) is -2.10. The quantitative estimate of drug-likeness (QED) is 0.231. The minimum absolute atomic E-state index is 0.0189. The molecule has 0 spiro atoms. The molecule has 4 N–H and O–H groups in total. The Morgan fingerprint density at radius 1 is 1.09 bits per heavy atom. The van der Waals surface area contributed by atoms with Crippen molar-refractivity contribution in [3.8, 4) is 33.9 Å². The maximum atomic E-state index is 14.7. The van der Waals surface area contributed by atoms with Crippen molar-refractivity contribution >= 4 is 11.8 Å². The van der Waals surface area contributed by atoms with E-state index in [0.717, 1.165) is 31.0 Å². The number of carbonyl (C=O) groups is 2. The van der Waals surface area contributed by atoms with Gasteiger partial charge in [0.05, 0.1) is 30.7 Å². The number of benzene rings is 2. The monoisotopic (exact) mass is 637 g/mol. The summed E-state index contributed by atoms with van der Waals surface area (Å²) in [5, 5.41) is 21.1. The third-order valence-electron chi connectivity index (χ3n) is 8.09. The number of aromatic nitrogens is 3. The number of halogens is 4. The van der Waals surface area contributed by atoms with Gasteiger partial charge in [-0.05, 0) is 74.4 Å². The average Bonchev–Trinajstić information content (AvgIpc) is 3.79. The first-order valence-electron chi connectivity index (χ1n) is 14.2. The number of nitrogens with zero attached hydrogens (tertiary/aromatic N) is 3. The van der Waals surface area contributed by atoms with Crippen molar-refractivity contribution in [2.45, 2.75) is 43.1 Å². The van der Waals surface area contributed by atoms with Crippen LogP contribution in [0.3, 0.4) is 0 Å². The number of hydrogen-bond donors (Lipinski definition) is 3. The fraction of sp³-hybridized carbons (Fsp3) is 0.281. The first-order chi connectivity index (χ1) is 21.8.